The second-order valence-electron chi connectivity index (χ2n) is 6.08. The van der Waals surface area contributed by atoms with Crippen LogP contribution >= 0.6 is 0 Å². The quantitative estimate of drug-likeness (QED) is 0.679. The molecular formula is C21H17F2NO2. The zero-order valence-electron chi connectivity index (χ0n) is 14.3. The fourth-order valence-electron chi connectivity index (χ4n) is 2.79. The van der Waals surface area contributed by atoms with Crippen molar-refractivity contribution in [2.75, 3.05) is 5.32 Å². The minimum absolute atomic E-state index is 0.206. The van der Waals surface area contributed by atoms with Crippen molar-refractivity contribution in [3.63, 3.8) is 0 Å². The Bertz CT molecular complexity index is 962. The second-order valence-corrected chi connectivity index (χ2v) is 6.08. The van der Waals surface area contributed by atoms with Crippen LogP contribution < -0.4 is 5.32 Å². The van der Waals surface area contributed by atoms with E-state index in [1.165, 1.54) is 6.07 Å². The molecule has 0 aliphatic rings. The van der Waals surface area contributed by atoms with Crippen molar-refractivity contribution in [3.05, 3.63) is 82.9 Å². The van der Waals surface area contributed by atoms with Crippen molar-refractivity contribution >= 4 is 11.6 Å². The molecule has 0 saturated carbocycles. The third kappa shape index (κ3) is 3.42. The van der Waals surface area contributed by atoms with Gasteiger partial charge in [-0.15, -0.1) is 0 Å². The number of phenols is 1. The van der Waals surface area contributed by atoms with Gasteiger partial charge in [-0.1, -0.05) is 24.3 Å². The molecular weight excluding hydrogens is 336 g/mol. The van der Waals surface area contributed by atoms with Crippen LogP contribution in [0.15, 0.2) is 54.6 Å². The summed E-state index contributed by atoms with van der Waals surface area (Å²) in [7, 11) is 0. The van der Waals surface area contributed by atoms with Crippen LogP contribution in [-0.4, -0.2) is 11.0 Å². The standard InChI is InChI=1S/C21H17F2NO2/c1-12-10-13(2)19(25)11-16(12)14-6-8-15(9-7-14)24-21(26)20-17(22)4-3-5-18(20)23/h3-11,25H,1-2H3,(H,24,26). The van der Waals surface area contributed by atoms with Gasteiger partial charge in [0.1, 0.15) is 22.9 Å². The highest BCUT2D eigenvalue weighted by Gasteiger charge is 2.17. The molecule has 3 aromatic rings. The number of benzene rings is 3. The van der Waals surface area contributed by atoms with Crippen molar-refractivity contribution in [1.82, 2.24) is 0 Å². The third-order valence-corrected chi connectivity index (χ3v) is 4.19. The van der Waals surface area contributed by atoms with Gasteiger partial charge in [-0.3, -0.25) is 4.79 Å². The van der Waals surface area contributed by atoms with Crippen LogP contribution in [0.3, 0.4) is 0 Å². The monoisotopic (exact) mass is 353 g/mol. The van der Waals surface area contributed by atoms with E-state index in [-0.39, 0.29) is 5.75 Å². The molecule has 132 valence electrons. The van der Waals surface area contributed by atoms with Gasteiger partial charge in [-0.2, -0.15) is 0 Å². The summed E-state index contributed by atoms with van der Waals surface area (Å²) in [6.45, 7) is 3.77. The Morgan fingerprint density at radius 1 is 0.923 bits per heavy atom. The van der Waals surface area contributed by atoms with Crippen molar-refractivity contribution in [2.45, 2.75) is 13.8 Å². The van der Waals surface area contributed by atoms with E-state index in [2.05, 4.69) is 5.32 Å². The number of amides is 1. The van der Waals surface area contributed by atoms with Gasteiger partial charge in [0.2, 0.25) is 0 Å². The maximum atomic E-state index is 13.7. The van der Waals surface area contributed by atoms with Gasteiger partial charge in [-0.05, 0) is 66.4 Å². The molecule has 0 spiro atoms. The number of carbonyl (C=O) groups is 1. The number of carbonyl (C=O) groups excluding carboxylic acids is 1. The first-order chi connectivity index (χ1) is 12.4. The van der Waals surface area contributed by atoms with Crippen LogP contribution in [0.25, 0.3) is 11.1 Å². The molecule has 2 N–H and O–H groups in total. The summed E-state index contributed by atoms with van der Waals surface area (Å²) in [5.41, 5.74) is 3.32. The third-order valence-electron chi connectivity index (χ3n) is 4.19. The molecule has 3 aromatic carbocycles. The summed E-state index contributed by atoms with van der Waals surface area (Å²) in [6.07, 6.45) is 0. The lowest BCUT2D eigenvalue weighted by Crippen LogP contribution is -2.15. The number of phenolic OH excluding ortho intramolecular Hbond substituents is 1. The minimum atomic E-state index is -0.912. The molecule has 0 heterocycles. The topological polar surface area (TPSA) is 49.3 Å². The molecule has 0 aromatic heterocycles. The van der Waals surface area contributed by atoms with Crippen molar-refractivity contribution in [3.8, 4) is 16.9 Å². The second kappa shape index (κ2) is 6.96. The van der Waals surface area contributed by atoms with Gasteiger partial charge >= 0.3 is 0 Å². The largest absolute Gasteiger partial charge is 0.508 e. The molecule has 0 fully saturated rings. The van der Waals surface area contributed by atoms with Crippen molar-refractivity contribution in [2.24, 2.45) is 0 Å². The number of nitrogens with one attached hydrogen (secondary N) is 1. The van der Waals surface area contributed by atoms with E-state index >= 15 is 0 Å². The number of anilines is 1. The summed E-state index contributed by atoms with van der Waals surface area (Å²) < 4.78 is 27.4. The van der Waals surface area contributed by atoms with Crippen LogP contribution in [0, 0.1) is 25.5 Å². The number of aromatic hydroxyl groups is 1. The predicted octanol–water partition coefficient (Wildman–Crippen LogP) is 5.21. The molecule has 0 radical (unpaired) electrons. The molecule has 3 rings (SSSR count). The number of rotatable bonds is 3. The molecule has 0 aliphatic carbocycles. The van der Waals surface area contributed by atoms with E-state index in [0.29, 0.717) is 5.69 Å². The van der Waals surface area contributed by atoms with Crippen LogP contribution in [-0.2, 0) is 0 Å². The highest BCUT2D eigenvalue weighted by molar-refractivity contribution is 6.04. The first-order valence-electron chi connectivity index (χ1n) is 8.03. The van der Waals surface area contributed by atoms with E-state index < -0.39 is 23.1 Å². The molecule has 26 heavy (non-hydrogen) atoms. The maximum Gasteiger partial charge on any atom is 0.261 e. The Morgan fingerprint density at radius 2 is 1.54 bits per heavy atom. The summed E-state index contributed by atoms with van der Waals surface area (Å²) in [6, 6.07) is 13.7. The highest BCUT2D eigenvalue weighted by Crippen LogP contribution is 2.30. The van der Waals surface area contributed by atoms with E-state index in [1.54, 1.807) is 30.3 Å². The van der Waals surface area contributed by atoms with Gasteiger partial charge < -0.3 is 10.4 Å². The average molecular weight is 353 g/mol. The summed E-state index contributed by atoms with van der Waals surface area (Å²) >= 11 is 0. The molecule has 0 bridgehead atoms. The lowest BCUT2D eigenvalue weighted by atomic mass is 9.98. The van der Waals surface area contributed by atoms with Crippen LogP contribution in [0.5, 0.6) is 5.75 Å². The fraction of sp³-hybridized carbons (Fsp3) is 0.0952. The Labute approximate surface area is 149 Å². The first kappa shape index (κ1) is 17.6. The van der Waals surface area contributed by atoms with E-state index in [4.69, 9.17) is 0 Å². The van der Waals surface area contributed by atoms with E-state index in [1.807, 2.05) is 19.9 Å². The summed E-state index contributed by atoms with van der Waals surface area (Å²) in [4.78, 5) is 12.1. The van der Waals surface area contributed by atoms with Crippen molar-refractivity contribution in [1.29, 1.82) is 0 Å². The number of aryl methyl sites for hydroxylation is 2. The van der Waals surface area contributed by atoms with Crippen molar-refractivity contribution < 1.29 is 18.7 Å². The molecule has 5 heteroatoms. The molecule has 0 unspecified atom stereocenters. The van der Waals surface area contributed by atoms with E-state index in [0.717, 1.165) is 34.4 Å². The fourth-order valence-corrected chi connectivity index (χ4v) is 2.79. The predicted molar refractivity (Wildman–Crippen MR) is 97.3 cm³/mol. The van der Waals surface area contributed by atoms with E-state index in [9.17, 15) is 18.7 Å². The number of hydrogen-bond donors (Lipinski definition) is 2. The van der Waals surface area contributed by atoms with Gasteiger partial charge in [0.15, 0.2) is 0 Å². The van der Waals surface area contributed by atoms with Crippen LogP contribution in [0.4, 0.5) is 14.5 Å². The number of hydrogen-bond acceptors (Lipinski definition) is 2. The smallest absolute Gasteiger partial charge is 0.261 e. The Kier molecular flexibility index (Phi) is 4.71. The first-order valence-corrected chi connectivity index (χ1v) is 8.03. The normalized spacial score (nSPS) is 10.6. The zero-order chi connectivity index (χ0) is 18.8. The van der Waals surface area contributed by atoms with Gasteiger partial charge in [0, 0.05) is 5.69 Å². The SMILES string of the molecule is Cc1cc(C)c(-c2ccc(NC(=O)c3c(F)cccc3F)cc2)cc1O. The lowest BCUT2D eigenvalue weighted by Gasteiger charge is -2.11. The molecule has 3 nitrogen and oxygen atoms in total. The minimum Gasteiger partial charge on any atom is -0.508 e. The maximum absolute atomic E-state index is 13.7. The summed E-state index contributed by atoms with van der Waals surface area (Å²) in [5, 5.41) is 12.4. The van der Waals surface area contributed by atoms with Gasteiger partial charge in [-0.25, -0.2) is 8.78 Å². The highest BCUT2D eigenvalue weighted by atomic mass is 19.1. The van der Waals surface area contributed by atoms with Crippen LogP contribution in [0.1, 0.15) is 21.5 Å². The summed E-state index contributed by atoms with van der Waals surface area (Å²) in [5.74, 6) is -2.47. The Balaban J connectivity index is 1.85. The van der Waals surface area contributed by atoms with Gasteiger partial charge in [0.05, 0.1) is 0 Å². The lowest BCUT2D eigenvalue weighted by molar-refractivity contribution is 0.101. The number of halogens is 2. The Morgan fingerprint density at radius 3 is 2.15 bits per heavy atom. The molecule has 1 amide bonds. The molecule has 0 saturated heterocycles. The Hall–Kier alpha value is -3.21. The zero-order valence-corrected chi connectivity index (χ0v) is 14.3. The van der Waals surface area contributed by atoms with Crippen LogP contribution in [0.2, 0.25) is 0 Å². The molecule has 0 atom stereocenters. The average Bonchev–Trinajstić information content (AvgIpc) is 2.59. The van der Waals surface area contributed by atoms with Gasteiger partial charge in [0.25, 0.3) is 5.91 Å². The molecule has 0 aliphatic heterocycles.